The molecular weight excluding hydrogens is 324 g/mol. The molecule has 0 atom stereocenters. The first-order valence-corrected chi connectivity index (χ1v) is 8.25. The number of aromatic nitrogens is 1. The summed E-state index contributed by atoms with van der Waals surface area (Å²) in [6.45, 7) is 2.30. The molecule has 1 fully saturated rings. The van der Waals surface area contributed by atoms with Gasteiger partial charge in [0.05, 0.1) is 5.54 Å². The monoisotopic (exact) mass is 340 g/mol. The van der Waals surface area contributed by atoms with E-state index in [4.69, 9.17) is 15.1 Å². The molecule has 1 saturated carbocycles. The van der Waals surface area contributed by atoms with Crippen LogP contribution < -0.4 is 5.73 Å². The first kappa shape index (κ1) is 13.3. The van der Waals surface area contributed by atoms with Crippen LogP contribution in [0.15, 0.2) is 26.6 Å². The SMILES string of the molecule is CC1CCC(N)(c2nc(-c3ccc(Br)o3)cs2)CC1. The number of thiazole rings is 1. The average molecular weight is 341 g/mol. The zero-order valence-electron chi connectivity index (χ0n) is 10.9. The first-order valence-electron chi connectivity index (χ1n) is 6.57. The number of nitrogens with two attached hydrogens (primary N) is 1. The predicted molar refractivity (Wildman–Crippen MR) is 81.0 cm³/mol. The molecule has 3 rings (SSSR count). The molecule has 0 amide bonds. The minimum atomic E-state index is -0.237. The second-order valence-electron chi connectivity index (χ2n) is 5.48. The zero-order chi connectivity index (χ0) is 13.5. The van der Waals surface area contributed by atoms with Gasteiger partial charge in [0.1, 0.15) is 10.7 Å². The first-order chi connectivity index (χ1) is 9.07. The molecule has 5 heteroatoms. The molecule has 2 aromatic rings. The predicted octanol–water partition coefficient (Wildman–Crippen LogP) is 4.53. The van der Waals surface area contributed by atoms with Gasteiger partial charge in [-0.1, -0.05) is 6.92 Å². The third kappa shape index (κ3) is 2.64. The Balaban J connectivity index is 1.85. The van der Waals surface area contributed by atoms with E-state index < -0.39 is 0 Å². The largest absolute Gasteiger partial charge is 0.448 e. The van der Waals surface area contributed by atoms with Gasteiger partial charge in [-0.05, 0) is 59.7 Å². The van der Waals surface area contributed by atoms with Crippen LogP contribution in [0.4, 0.5) is 0 Å². The molecule has 2 N–H and O–H groups in total. The van der Waals surface area contributed by atoms with Gasteiger partial charge in [-0.2, -0.15) is 0 Å². The van der Waals surface area contributed by atoms with E-state index in [1.165, 1.54) is 12.8 Å². The highest BCUT2D eigenvalue weighted by molar-refractivity contribution is 9.10. The highest BCUT2D eigenvalue weighted by atomic mass is 79.9. The fourth-order valence-corrected chi connectivity index (χ4v) is 3.85. The summed E-state index contributed by atoms with van der Waals surface area (Å²) >= 11 is 4.96. The van der Waals surface area contributed by atoms with Crippen LogP contribution in [-0.4, -0.2) is 4.98 Å². The smallest absolute Gasteiger partial charge is 0.169 e. The van der Waals surface area contributed by atoms with Gasteiger partial charge in [0, 0.05) is 5.38 Å². The molecular formula is C14H17BrN2OS. The Morgan fingerprint density at radius 2 is 2.16 bits per heavy atom. The summed E-state index contributed by atoms with van der Waals surface area (Å²) < 4.78 is 6.27. The van der Waals surface area contributed by atoms with Crippen molar-refractivity contribution in [1.82, 2.24) is 4.98 Å². The van der Waals surface area contributed by atoms with Crippen LogP contribution in [0.1, 0.15) is 37.6 Å². The lowest BCUT2D eigenvalue weighted by Gasteiger charge is -2.34. The molecule has 19 heavy (non-hydrogen) atoms. The minimum absolute atomic E-state index is 0.237. The maximum Gasteiger partial charge on any atom is 0.169 e. The van der Waals surface area contributed by atoms with Crippen molar-refractivity contribution < 1.29 is 4.42 Å². The quantitative estimate of drug-likeness (QED) is 0.873. The van der Waals surface area contributed by atoms with Crippen LogP contribution in [0.5, 0.6) is 0 Å². The van der Waals surface area contributed by atoms with Gasteiger partial charge in [0.15, 0.2) is 10.4 Å². The molecule has 0 radical (unpaired) electrons. The Morgan fingerprint density at radius 1 is 1.42 bits per heavy atom. The van der Waals surface area contributed by atoms with Gasteiger partial charge in [-0.15, -0.1) is 11.3 Å². The fraction of sp³-hybridized carbons (Fsp3) is 0.500. The van der Waals surface area contributed by atoms with Gasteiger partial charge in [-0.25, -0.2) is 4.98 Å². The molecule has 0 aromatic carbocycles. The Kier molecular flexibility index (Phi) is 3.53. The summed E-state index contributed by atoms with van der Waals surface area (Å²) in [6.07, 6.45) is 4.45. The second-order valence-corrected chi connectivity index (χ2v) is 7.12. The number of hydrogen-bond acceptors (Lipinski definition) is 4. The number of halogens is 1. The molecule has 3 nitrogen and oxygen atoms in total. The Bertz CT molecular complexity index is 570. The van der Waals surface area contributed by atoms with Crippen LogP contribution >= 0.6 is 27.3 Å². The lowest BCUT2D eigenvalue weighted by atomic mass is 9.78. The maximum atomic E-state index is 6.55. The molecule has 1 aliphatic rings. The van der Waals surface area contributed by atoms with Crippen molar-refractivity contribution in [1.29, 1.82) is 0 Å². The van der Waals surface area contributed by atoms with Crippen LogP contribution in [0, 0.1) is 5.92 Å². The van der Waals surface area contributed by atoms with E-state index in [-0.39, 0.29) is 5.54 Å². The molecule has 0 bridgehead atoms. The molecule has 0 unspecified atom stereocenters. The summed E-state index contributed by atoms with van der Waals surface area (Å²) in [6, 6.07) is 3.81. The molecule has 1 aliphatic carbocycles. The lowest BCUT2D eigenvalue weighted by molar-refractivity contribution is 0.247. The Morgan fingerprint density at radius 3 is 2.79 bits per heavy atom. The molecule has 0 spiro atoms. The Labute approximate surface area is 125 Å². The summed E-state index contributed by atoms with van der Waals surface area (Å²) in [5.74, 6) is 1.58. The van der Waals surface area contributed by atoms with Crippen molar-refractivity contribution in [3.63, 3.8) is 0 Å². The van der Waals surface area contributed by atoms with E-state index in [2.05, 4.69) is 22.9 Å². The van der Waals surface area contributed by atoms with E-state index in [1.54, 1.807) is 11.3 Å². The van der Waals surface area contributed by atoms with E-state index in [1.807, 2.05) is 17.5 Å². The summed E-state index contributed by atoms with van der Waals surface area (Å²) in [7, 11) is 0. The van der Waals surface area contributed by atoms with Crippen molar-refractivity contribution in [3.05, 3.63) is 27.2 Å². The summed E-state index contributed by atoms with van der Waals surface area (Å²) in [5, 5.41) is 3.08. The van der Waals surface area contributed by atoms with Crippen LogP contribution in [0.2, 0.25) is 0 Å². The average Bonchev–Trinajstić information content (AvgIpc) is 3.02. The number of nitrogens with zero attached hydrogens (tertiary/aromatic N) is 1. The van der Waals surface area contributed by atoms with Crippen LogP contribution in [-0.2, 0) is 5.54 Å². The highest BCUT2D eigenvalue weighted by Gasteiger charge is 2.34. The van der Waals surface area contributed by atoms with Gasteiger partial charge in [0.25, 0.3) is 0 Å². The number of hydrogen-bond donors (Lipinski definition) is 1. The van der Waals surface area contributed by atoms with Crippen molar-refractivity contribution in [2.24, 2.45) is 11.7 Å². The second kappa shape index (κ2) is 5.04. The normalized spacial score (nSPS) is 27.6. The maximum absolute atomic E-state index is 6.55. The molecule has 102 valence electrons. The van der Waals surface area contributed by atoms with Crippen LogP contribution in [0.25, 0.3) is 11.5 Å². The number of rotatable bonds is 2. The van der Waals surface area contributed by atoms with Crippen molar-refractivity contribution >= 4 is 27.3 Å². The van der Waals surface area contributed by atoms with E-state index >= 15 is 0 Å². The van der Waals surface area contributed by atoms with E-state index in [0.717, 1.165) is 39.9 Å². The van der Waals surface area contributed by atoms with E-state index in [9.17, 15) is 0 Å². The third-order valence-corrected chi connectivity index (χ3v) is 5.41. The van der Waals surface area contributed by atoms with Crippen LogP contribution in [0.3, 0.4) is 0 Å². The van der Waals surface area contributed by atoms with Crippen molar-refractivity contribution in [2.75, 3.05) is 0 Å². The van der Waals surface area contributed by atoms with Crippen molar-refractivity contribution in [3.8, 4) is 11.5 Å². The van der Waals surface area contributed by atoms with Gasteiger partial charge < -0.3 is 10.2 Å². The van der Waals surface area contributed by atoms with Gasteiger partial charge in [0.2, 0.25) is 0 Å². The zero-order valence-corrected chi connectivity index (χ0v) is 13.3. The van der Waals surface area contributed by atoms with Crippen molar-refractivity contribution in [2.45, 2.75) is 38.1 Å². The minimum Gasteiger partial charge on any atom is -0.448 e. The highest BCUT2D eigenvalue weighted by Crippen LogP contribution is 2.39. The molecule has 0 saturated heterocycles. The third-order valence-electron chi connectivity index (χ3n) is 3.92. The Hall–Kier alpha value is -0.650. The fourth-order valence-electron chi connectivity index (χ4n) is 2.56. The lowest BCUT2D eigenvalue weighted by Crippen LogP contribution is -2.40. The number of furan rings is 1. The standard InChI is InChI=1S/C14H17BrN2OS/c1-9-4-6-14(16,7-5-9)13-17-10(8-19-13)11-2-3-12(15)18-11/h2-3,8-9H,4-7,16H2,1H3. The molecule has 0 aliphatic heterocycles. The van der Waals surface area contributed by atoms with Gasteiger partial charge in [-0.3, -0.25) is 0 Å². The summed E-state index contributed by atoms with van der Waals surface area (Å²) in [4.78, 5) is 4.69. The van der Waals surface area contributed by atoms with E-state index in [0.29, 0.717) is 0 Å². The summed E-state index contributed by atoms with van der Waals surface area (Å²) in [5.41, 5.74) is 7.19. The molecule has 2 aromatic heterocycles. The topological polar surface area (TPSA) is 52.0 Å². The van der Waals surface area contributed by atoms with Gasteiger partial charge >= 0.3 is 0 Å². The molecule has 2 heterocycles.